The molecule has 0 aromatic carbocycles. The van der Waals surface area contributed by atoms with E-state index in [9.17, 15) is 28.8 Å². The first kappa shape index (κ1) is 50.2. The van der Waals surface area contributed by atoms with Crippen molar-refractivity contribution in [3.8, 4) is 0 Å². The fraction of sp³-hybridized carbons (Fsp3) is 0.815. The van der Waals surface area contributed by atoms with Crippen molar-refractivity contribution in [3.05, 3.63) is 23.3 Å². The minimum atomic E-state index is -0.551. The molecule has 10 aliphatic rings. The number of hydrogen-bond acceptors (Lipinski definition) is 12. The maximum atomic E-state index is 13.3. The highest BCUT2D eigenvalue weighted by Crippen LogP contribution is 2.75. The molecule has 16 atom stereocenters. The van der Waals surface area contributed by atoms with Crippen molar-refractivity contribution >= 4 is 35.8 Å². The lowest BCUT2D eigenvalue weighted by Crippen LogP contribution is -2.66. The minimum Gasteiger partial charge on any atom is -0.469 e. The van der Waals surface area contributed by atoms with Gasteiger partial charge in [0.1, 0.15) is 0 Å². The second-order valence-electron chi connectivity index (χ2n) is 23.4. The van der Waals surface area contributed by atoms with Gasteiger partial charge in [-0.05, 0) is 136 Å². The van der Waals surface area contributed by atoms with Gasteiger partial charge in [0.15, 0.2) is 0 Å². The predicted octanol–water partition coefficient (Wildman–Crippen LogP) is 9.13. The Bertz CT molecular complexity index is 1890. The molecule has 0 aliphatic heterocycles. The molecule has 0 amide bonds. The summed E-state index contributed by atoms with van der Waals surface area (Å²) in [6.45, 7) is 17.5. The zero-order valence-electron chi connectivity index (χ0n) is 42.5. The molecule has 0 radical (unpaired) electrons. The van der Waals surface area contributed by atoms with Crippen molar-refractivity contribution in [3.63, 3.8) is 0 Å². The summed E-state index contributed by atoms with van der Waals surface area (Å²) >= 11 is 0. The summed E-state index contributed by atoms with van der Waals surface area (Å²) in [5.41, 5.74) is 0.347. The lowest BCUT2D eigenvalue weighted by Gasteiger charge is -2.69. The van der Waals surface area contributed by atoms with Crippen LogP contribution >= 0.6 is 0 Å². The number of carbonyl (C=O) groups is 6. The van der Waals surface area contributed by atoms with Gasteiger partial charge in [0.2, 0.25) is 0 Å². The van der Waals surface area contributed by atoms with Gasteiger partial charge in [-0.1, -0.05) is 77.7 Å². The summed E-state index contributed by atoms with van der Waals surface area (Å²) in [5, 5.41) is 0. The highest BCUT2D eigenvalue weighted by Gasteiger charge is 2.73. The van der Waals surface area contributed by atoms with Crippen LogP contribution in [0.25, 0.3) is 0 Å². The van der Waals surface area contributed by atoms with Crippen molar-refractivity contribution in [1.82, 2.24) is 0 Å². The SMILES string of the molecule is COC(=O)[C@H]1[C@@H](C(=O)OC)[C@@]23C=C(C(C)C)[C@@H]1C[C@@H]2[C@@]1(C)CCC[C@@](C)(C(=O)OC)[C@@H]1CC3.COC(=O)[C@H]1[C@@H](C(=O)OC)[C@@]23C=C(C(C)C)[C@@H]1C[C@@H]2[C@@]1(C)CCC[C@@](C)(C(=O)OC)[C@@H]1CC3. The number of fused-ring (bicyclic) bond motifs is 4. The maximum Gasteiger partial charge on any atom is 0.311 e. The predicted molar refractivity (Wildman–Crippen MR) is 246 cm³/mol. The largest absolute Gasteiger partial charge is 0.469 e. The van der Waals surface area contributed by atoms with Gasteiger partial charge in [-0.3, -0.25) is 28.8 Å². The zero-order chi connectivity index (χ0) is 48.7. The second kappa shape index (κ2) is 17.7. The number of allylic oxidation sites excluding steroid dienone is 4. The van der Waals surface area contributed by atoms with Gasteiger partial charge in [-0.2, -0.15) is 0 Å². The van der Waals surface area contributed by atoms with Crippen LogP contribution in [-0.2, 0) is 57.2 Å². The first-order valence-electron chi connectivity index (χ1n) is 25.0. The number of methoxy groups -OCH3 is 6. The molecule has 10 rings (SSSR count). The number of ether oxygens (including phenoxy) is 6. The van der Waals surface area contributed by atoms with Crippen molar-refractivity contribution in [2.24, 2.45) is 104 Å². The van der Waals surface area contributed by atoms with E-state index in [0.717, 1.165) is 77.0 Å². The number of hydrogen-bond donors (Lipinski definition) is 0. The van der Waals surface area contributed by atoms with Crippen LogP contribution in [0.15, 0.2) is 23.3 Å². The van der Waals surface area contributed by atoms with E-state index in [4.69, 9.17) is 28.4 Å². The standard InChI is InChI=1S/2C27H40O6/c2*1-15(2)17-14-27-12-9-18-25(3,10-8-11-26(18,4)24(30)33-7)19(27)13-16(17)20(22(28)31-5)21(27)23(29)32-6/h2*14-16,18-21H,8-13H2,1-7H3/t2*16-,18+,19+,20+,21-,25-,26+,27-/m00/s1. The Labute approximate surface area is 393 Å². The fourth-order valence-electron chi connectivity index (χ4n) is 18.0. The molecular formula is C54H80O12. The first-order valence-corrected chi connectivity index (χ1v) is 25.0. The Balaban J connectivity index is 0.000000196. The summed E-state index contributed by atoms with van der Waals surface area (Å²) in [4.78, 5) is 78.8. The van der Waals surface area contributed by atoms with E-state index >= 15 is 0 Å². The fourth-order valence-corrected chi connectivity index (χ4v) is 18.0. The monoisotopic (exact) mass is 921 g/mol. The van der Waals surface area contributed by atoms with Gasteiger partial charge in [-0.15, -0.1) is 0 Å². The molecule has 0 aromatic heterocycles. The molecule has 12 nitrogen and oxygen atoms in total. The van der Waals surface area contributed by atoms with Crippen molar-refractivity contribution in [2.45, 2.75) is 132 Å². The van der Waals surface area contributed by atoms with Crippen LogP contribution in [0, 0.1) is 104 Å². The Morgan fingerprint density at radius 3 is 1.09 bits per heavy atom. The summed E-state index contributed by atoms with van der Waals surface area (Å²) < 4.78 is 31.7. The molecule has 12 heteroatoms. The van der Waals surface area contributed by atoms with Crippen LogP contribution in [0.5, 0.6) is 0 Å². The highest BCUT2D eigenvalue weighted by molar-refractivity contribution is 5.86. The molecule has 10 aliphatic carbocycles. The smallest absolute Gasteiger partial charge is 0.311 e. The lowest BCUT2D eigenvalue weighted by atomic mass is 9.34. The Hall–Kier alpha value is -3.70. The van der Waals surface area contributed by atoms with Crippen molar-refractivity contribution in [1.29, 1.82) is 0 Å². The molecule has 0 saturated heterocycles. The summed E-state index contributed by atoms with van der Waals surface area (Å²) in [5.74, 6) is -2.36. The van der Waals surface area contributed by atoms with E-state index < -0.39 is 45.3 Å². The lowest BCUT2D eigenvalue weighted by molar-refractivity contribution is -0.210. The second-order valence-corrected chi connectivity index (χ2v) is 23.4. The van der Waals surface area contributed by atoms with Gasteiger partial charge < -0.3 is 28.4 Å². The third kappa shape index (κ3) is 6.98. The zero-order valence-corrected chi connectivity index (χ0v) is 42.5. The molecule has 66 heavy (non-hydrogen) atoms. The van der Waals surface area contributed by atoms with Gasteiger partial charge in [-0.25, -0.2) is 0 Å². The molecule has 368 valence electrons. The van der Waals surface area contributed by atoms with E-state index in [0.29, 0.717) is 0 Å². The normalized spacial score (nSPS) is 43.8. The Morgan fingerprint density at radius 2 is 0.803 bits per heavy atom. The average molecular weight is 921 g/mol. The number of esters is 6. The van der Waals surface area contributed by atoms with Gasteiger partial charge in [0, 0.05) is 10.8 Å². The minimum absolute atomic E-state index is 0.0460. The van der Waals surface area contributed by atoms with Crippen LogP contribution in [0.4, 0.5) is 0 Å². The van der Waals surface area contributed by atoms with E-state index in [-0.39, 0.29) is 94.0 Å². The van der Waals surface area contributed by atoms with E-state index in [2.05, 4.69) is 67.5 Å². The Morgan fingerprint density at radius 1 is 0.470 bits per heavy atom. The maximum absolute atomic E-state index is 13.3. The van der Waals surface area contributed by atoms with Gasteiger partial charge >= 0.3 is 35.8 Å². The Kier molecular flexibility index (Phi) is 13.4. The molecule has 4 bridgehead atoms. The van der Waals surface area contributed by atoms with Gasteiger partial charge in [0.05, 0.1) is 77.2 Å². The molecular weight excluding hydrogens is 841 g/mol. The first-order chi connectivity index (χ1) is 31.0. The number of carbonyl (C=O) groups excluding carboxylic acids is 6. The van der Waals surface area contributed by atoms with Crippen LogP contribution in [0.1, 0.15) is 132 Å². The topological polar surface area (TPSA) is 158 Å². The molecule has 0 aromatic rings. The summed E-state index contributed by atoms with van der Waals surface area (Å²) in [6, 6.07) is 0. The molecule has 0 unspecified atom stereocenters. The average Bonchev–Trinajstić information content (AvgIpc) is 3.30. The van der Waals surface area contributed by atoms with Crippen LogP contribution in [-0.4, -0.2) is 78.5 Å². The molecule has 6 fully saturated rings. The summed E-state index contributed by atoms with van der Waals surface area (Å²) in [7, 11) is 8.62. The third-order valence-electron chi connectivity index (χ3n) is 20.5. The highest BCUT2D eigenvalue weighted by atomic mass is 16.5. The number of rotatable bonds is 8. The van der Waals surface area contributed by atoms with E-state index in [1.54, 1.807) is 0 Å². The van der Waals surface area contributed by atoms with Crippen LogP contribution in [0.2, 0.25) is 0 Å². The van der Waals surface area contributed by atoms with Crippen LogP contribution < -0.4 is 0 Å². The molecule has 0 N–H and O–H groups in total. The third-order valence-corrected chi connectivity index (χ3v) is 20.5. The summed E-state index contributed by atoms with van der Waals surface area (Å²) in [6.07, 6.45) is 15.2. The van der Waals surface area contributed by atoms with Crippen LogP contribution in [0.3, 0.4) is 0 Å². The van der Waals surface area contributed by atoms with Crippen molar-refractivity contribution < 1.29 is 57.2 Å². The molecule has 6 saturated carbocycles. The van der Waals surface area contributed by atoms with E-state index in [1.807, 2.05) is 0 Å². The van der Waals surface area contributed by atoms with Crippen molar-refractivity contribution in [2.75, 3.05) is 42.7 Å². The van der Waals surface area contributed by atoms with Gasteiger partial charge in [0.25, 0.3) is 0 Å². The quantitative estimate of drug-likeness (QED) is 0.129. The molecule has 0 heterocycles. The van der Waals surface area contributed by atoms with E-state index in [1.165, 1.54) is 53.8 Å². The molecule has 2 spiro atoms.